The summed E-state index contributed by atoms with van der Waals surface area (Å²) in [5.74, 6) is 0.764. The molecule has 98 valence electrons. The van der Waals surface area contributed by atoms with Gasteiger partial charge in [-0.1, -0.05) is 20.8 Å². The number of nitrogens with zero attached hydrogens (tertiary/aromatic N) is 1. The van der Waals surface area contributed by atoms with Crippen LogP contribution in [0, 0.1) is 5.92 Å². The molecule has 0 aliphatic rings. The molecule has 0 rings (SSSR count). The molecular weight excluding hydrogens is 196 g/mol. The SMILES string of the molecule is CCN(C(C)C)C(C)CCCNCC(C)C. The van der Waals surface area contributed by atoms with Crippen LogP contribution in [-0.2, 0) is 0 Å². The highest BCUT2D eigenvalue weighted by Crippen LogP contribution is 2.09. The molecule has 0 spiro atoms. The summed E-state index contributed by atoms with van der Waals surface area (Å²) in [5, 5.41) is 3.51. The second-order valence-corrected chi connectivity index (χ2v) is 5.51. The van der Waals surface area contributed by atoms with Gasteiger partial charge in [0.1, 0.15) is 0 Å². The fourth-order valence-corrected chi connectivity index (χ4v) is 2.26. The lowest BCUT2D eigenvalue weighted by Crippen LogP contribution is -2.38. The molecule has 0 radical (unpaired) electrons. The van der Waals surface area contributed by atoms with Crippen LogP contribution in [0.25, 0.3) is 0 Å². The Bertz CT molecular complexity index is 155. The lowest BCUT2D eigenvalue weighted by molar-refractivity contribution is 0.163. The first-order chi connectivity index (χ1) is 7.49. The molecule has 1 N–H and O–H groups in total. The van der Waals surface area contributed by atoms with Crippen molar-refractivity contribution in [3.8, 4) is 0 Å². The van der Waals surface area contributed by atoms with Crippen molar-refractivity contribution in [1.29, 1.82) is 0 Å². The van der Waals surface area contributed by atoms with Crippen LogP contribution in [0.4, 0.5) is 0 Å². The molecule has 0 bridgehead atoms. The monoisotopic (exact) mass is 228 g/mol. The highest BCUT2D eigenvalue weighted by atomic mass is 15.2. The summed E-state index contributed by atoms with van der Waals surface area (Å²) in [6, 6.07) is 1.38. The van der Waals surface area contributed by atoms with Crippen LogP contribution in [0.5, 0.6) is 0 Å². The minimum absolute atomic E-state index is 0.670. The second-order valence-electron chi connectivity index (χ2n) is 5.51. The molecule has 2 nitrogen and oxygen atoms in total. The van der Waals surface area contributed by atoms with E-state index < -0.39 is 0 Å². The van der Waals surface area contributed by atoms with Gasteiger partial charge in [-0.15, -0.1) is 0 Å². The van der Waals surface area contributed by atoms with E-state index in [1.54, 1.807) is 0 Å². The highest BCUT2D eigenvalue weighted by molar-refractivity contribution is 4.70. The molecule has 0 heterocycles. The van der Waals surface area contributed by atoms with Crippen LogP contribution in [-0.4, -0.2) is 36.6 Å². The smallest absolute Gasteiger partial charge is 0.00699 e. The highest BCUT2D eigenvalue weighted by Gasteiger charge is 2.14. The van der Waals surface area contributed by atoms with Gasteiger partial charge in [0.15, 0.2) is 0 Å². The van der Waals surface area contributed by atoms with Gasteiger partial charge in [0.2, 0.25) is 0 Å². The second kappa shape index (κ2) is 9.00. The van der Waals surface area contributed by atoms with Gasteiger partial charge in [-0.2, -0.15) is 0 Å². The Morgan fingerprint density at radius 1 is 1.06 bits per heavy atom. The van der Waals surface area contributed by atoms with Crippen LogP contribution in [0.15, 0.2) is 0 Å². The molecule has 16 heavy (non-hydrogen) atoms. The Balaban J connectivity index is 3.59. The zero-order valence-electron chi connectivity index (χ0n) is 12.2. The van der Waals surface area contributed by atoms with Gasteiger partial charge >= 0.3 is 0 Å². The van der Waals surface area contributed by atoms with E-state index >= 15 is 0 Å². The number of nitrogens with one attached hydrogen (secondary N) is 1. The van der Waals surface area contributed by atoms with Gasteiger partial charge in [0, 0.05) is 12.1 Å². The van der Waals surface area contributed by atoms with Crippen molar-refractivity contribution in [3.63, 3.8) is 0 Å². The quantitative estimate of drug-likeness (QED) is 0.610. The zero-order chi connectivity index (χ0) is 12.6. The molecule has 0 aromatic rings. The molecule has 0 saturated carbocycles. The van der Waals surface area contributed by atoms with Crippen molar-refractivity contribution in [3.05, 3.63) is 0 Å². The summed E-state index contributed by atoms with van der Waals surface area (Å²) < 4.78 is 0. The minimum atomic E-state index is 0.670. The zero-order valence-corrected chi connectivity index (χ0v) is 12.2. The van der Waals surface area contributed by atoms with Gasteiger partial charge in [-0.25, -0.2) is 0 Å². The molecule has 0 saturated heterocycles. The molecule has 0 amide bonds. The third-order valence-electron chi connectivity index (χ3n) is 3.12. The van der Waals surface area contributed by atoms with E-state index in [-0.39, 0.29) is 0 Å². The van der Waals surface area contributed by atoms with Gasteiger partial charge in [-0.3, -0.25) is 4.90 Å². The van der Waals surface area contributed by atoms with E-state index in [1.165, 1.54) is 12.8 Å². The van der Waals surface area contributed by atoms with Gasteiger partial charge < -0.3 is 5.32 Å². The van der Waals surface area contributed by atoms with E-state index in [0.29, 0.717) is 12.1 Å². The van der Waals surface area contributed by atoms with E-state index in [9.17, 15) is 0 Å². The first-order valence-corrected chi connectivity index (χ1v) is 6.95. The molecule has 1 unspecified atom stereocenters. The summed E-state index contributed by atoms with van der Waals surface area (Å²) >= 11 is 0. The maximum absolute atomic E-state index is 3.51. The van der Waals surface area contributed by atoms with Crippen molar-refractivity contribution < 1.29 is 0 Å². The van der Waals surface area contributed by atoms with Crippen molar-refractivity contribution >= 4 is 0 Å². The number of rotatable bonds is 9. The molecule has 0 aromatic carbocycles. The van der Waals surface area contributed by atoms with Gasteiger partial charge in [-0.05, 0) is 59.2 Å². The summed E-state index contributed by atoms with van der Waals surface area (Å²) in [4.78, 5) is 2.57. The average molecular weight is 228 g/mol. The molecular formula is C14H32N2. The van der Waals surface area contributed by atoms with Crippen LogP contribution < -0.4 is 5.32 Å². The van der Waals surface area contributed by atoms with Crippen LogP contribution in [0.1, 0.15) is 54.4 Å². The van der Waals surface area contributed by atoms with Gasteiger partial charge in [0.05, 0.1) is 0 Å². The van der Waals surface area contributed by atoms with Crippen LogP contribution >= 0.6 is 0 Å². The summed E-state index contributed by atoms with van der Waals surface area (Å²) in [6.45, 7) is 17.2. The molecule has 1 atom stereocenters. The summed E-state index contributed by atoms with van der Waals surface area (Å²) in [7, 11) is 0. The Morgan fingerprint density at radius 2 is 1.69 bits per heavy atom. The van der Waals surface area contributed by atoms with E-state index in [4.69, 9.17) is 0 Å². The predicted molar refractivity (Wildman–Crippen MR) is 73.9 cm³/mol. The predicted octanol–water partition coefficient (Wildman–Crippen LogP) is 3.13. The summed E-state index contributed by atoms with van der Waals surface area (Å²) in [5.41, 5.74) is 0. The molecule has 0 aromatic heterocycles. The largest absolute Gasteiger partial charge is 0.316 e. The fraction of sp³-hybridized carbons (Fsp3) is 1.00. The van der Waals surface area contributed by atoms with E-state index in [2.05, 4.69) is 51.8 Å². The minimum Gasteiger partial charge on any atom is -0.316 e. The Labute approximate surface area is 103 Å². The van der Waals surface area contributed by atoms with Crippen molar-refractivity contribution in [2.75, 3.05) is 19.6 Å². The van der Waals surface area contributed by atoms with Crippen LogP contribution in [0.2, 0.25) is 0 Å². The molecule has 0 fully saturated rings. The van der Waals surface area contributed by atoms with Crippen LogP contribution in [0.3, 0.4) is 0 Å². The van der Waals surface area contributed by atoms with E-state index in [0.717, 1.165) is 25.6 Å². The number of hydrogen-bond acceptors (Lipinski definition) is 2. The lowest BCUT2D eigenvalue weighted by atomic mass is 10.1. The van der Waals surface area contributed by atoms with Gasteiger partial charge in [0.25, 0.3) is 0 Å². The third kappa shape index (κ3) is 7.24. The third-order valence-corrected chi connectivity index (χ3v) is 3.12. The standard InChI is InChI=1S/C14H32N2/c1-7-16(13(4)5)14(6)9-8-10-15-11-12(2)3/h12-15H,7-11H2,1-6H3. The normalized spacial score (nSPS) is 14.1. The van der Waals surface area contributed by atoms with Crippen molar-refractivity contribution in [2.24, 2.45) is 5.92 Å². The lowest BCUT2D eigenvalue weighted by Gasteiger charge is -2.31. The van der Waals surface area contributed by atoms with Crippen molar-refractivity contribution in [2.45, 2.75) is 66.5 Å². The Kier molecular flexibility index (Phi) is 8.96. The molecule has 2 heteroatoms. The number of hydrogen-bond donors (Lipinski definition) is 1. The maximum Gasteiger partial charge on any atom is 0.00699 e. The first kappa shape index (κ1) is 15.9. The summed E-state index contributed by atoms with van der Waals surface area (Å²) in [6.07, 6.45) is 2.59. The Hall–Kier alpha value is -0.0800. The fourth-order valence-electron chi connectivity index (χ4n) is 2.26. The molecule has 0 aliphatic heterocycles. The van der Waals surface area contributed by atoms with Crippen molar-refractivity contribution in [1.82, 2.24) is 10.2 Å². The Morgan fingerprint density at radius 3 is 2.12 bits per heavy atom. The topological polar surface area (TPSA) is 15.3 Å². The van der Waals surface area contributed by atoms with E-state index in [1.807, 2.05) is 0 Å². The first-order valence-electron chi connectivity index (χ1n) is 6.95. The average Bonchev–Trinajstić information content (AvgIpc) is 2.17. The molecule has 0 aliphatic carbocycles. The maximum atomic E-state index is 3.51.